The molecule has 68 valence electrons. The summed E-state index contributed by atoms with van der Waals surface area (Å²) < 4.78 is 0. The van der Waals surface area contributed by atoms with E-state index in [2.05, 4.69) is 10.6 Å². The average Bonchev–Trinajstić information content (AvgIpc) is 2.18. The highest BCUT2D eigenvalue weighted by molar-refractivity contribution is 5.95. The van der Waals surface area contributed by atoms with Crippen molar-refractivity contribution < 1.29 is 9.59 Å². The summed E-state index contributed by atoms with van der Waals surface area (Å²) in [4.78, 5) is 21.4. The van der Waals surface area contributed by atoms with E-state index in [-0.39, 0.29) is 6.03 Å². The summed E-state index contributed by atoms with van der Waals surface area (Å²) in [6, 6.07) is 6.45. The van der Waals surface area contributed by atoms with E-state index in [1.54, 1.807) is 24.3 Å². The highest BCUT2D eigenvalue weighted by Gasteiger charge is 2.02. The molecule has 0 fully saturated rings. The Labute approximate surface area is 75.9 Å². The Hall–Kier alpha value is -1.84. The molecule has 0 radical (unpaired) electrons. The van der Waals surface area contributed by atoms with Gasteiger partial charge in [0.05, 0.1) is 5.69 Å². The fraction of sp³-hybridized carbons (Fsp3) is 0.111. The lowest BCUT2D eigenvalue weighted by molar-refractivity contribution is 0.112. The molecular formula is C9H10N2O2. The summed E-state index contributed by atoms with van der Waals surface area (Å²) >= 11 is 0. The Bertz CT molecular complexity index is 323. The number of benzene rings is 1. The second-order valence-corrected chi connectivity index (χ2v) is 2.41. The van der Waals surface area contributed by atoms with E-state index in [9.17, 15) is 9.59 Å². The van der Waals surface area contributed by atoms with Crippen molar-refractivity contribution in [2.45, 2.75) is 0 Å². The van der Waals surface area contributed by atoms with E-state index in [1.807, 2.05) is 0 Å². The average molecular weight is 178 g/mol. The number of nitrogens with one attached hydrogen (secondary N) is 2. The molecule has 2 amide bonds. The molecule has 1 rings (SSSR count). The number of amides is 2. The fourth-order valence-electron chi connectivity index (χ4n) is 0.898. The number of carbonyl (C=O) groups is 2. The smallest absolute Gasteiger partial charge is 0.318 e. The summed E-state index contributed by atoms with van der Waals surface area (Å²) in [5.41, 5.74) is 0.975. The number of carbonyl (C=O) groups excluding carboxylic acids is 2. The topological polar surface area (TPSA) is 58.2 Å². The van der Waals surface area contributed by atoms with Gasteiger partial charge in [-0.1, -0.05) is 12.1 Å². The molecule has 0 unspecified atom stereocenters. The van der Waals surface area contributed by atoms with Gasteiger partial charge in [0.25, 0.3) is 0 Å². The minimum atomic E-state index is -0.339. The molecule has 1 aromatic rings. The third kappa shape index (κ3) is 2.30. The van der Waals surface area contributed by atoms with Gasteiger partial charge in [0.2, 0.25) is 0 Å². The van der Waals surface area contributed by atoms with E-state index in [0.29, 0.717) is 17.5 Å². The van der Waals surface area contributed by atoms with Crippen LogP contribution < -0.4 is 10.6 Å². The molecule has 0 aliphatic carbocycles. The van der Waals surface area contributed by atoms with Crippen LogP contribution in [0, 0.1) is 0 Å². The van der Waals surface area contributed by atoms with Crippen molar-refractivity contribution in [2.75, 3.05) is 12.4 Å². The van der Waals surface area contributed by atoms with Gasteiger partial charge in [-0.25, -0.2) is 4.79 Å². The third-order valence-electron chi connectivity index (χ3n) is 1.56. The van der Waals surface area contributed by atoms with Crippen molar-refractivity contribution in [3.05, 3.63) is 29.8 Å². The molecule has 0 aromatic heterocycles. The summed E-state index contributed by atoms with van der Waals surface area (Å²) in [5.74, 6) is 0. The quantitative estimate of drug-likeness (QED) is 0.669. The molecule has 2 N–H and O–H groups in total. The second kappa shape index (κ2) is 4.25. The Balaban J connectivity index is 2.87. The van der Waals surface area contributed by atoms with Crippen LogP contribution >= 0.6 is 0 Å². The van der Waals surface area contributed by atoms with Crippen molar-refractivity contribution in [3.63, 3.8) is 0 Å². The van der Waals surface area contributed by atoms with Gasteiger partial charge in [-0.2, -0.15) is 0 Å². The SMILES string of the molecule is CNC(=O)Nc1ccccc1C=O. The monoisotopic (exact) mass is 178 g/mol. The number of hydrogen-bond donors (Lipinski definition) is 2. The van der Waals surface area contributed by atoms with Gasteiger partial charge in [0.15, 0.2) is 6.29 Å². The lowest BCUT2D eigenvalue weighted by Gasteiger charge is -2.05. The standard InChI is InChI=1S/C9H10N2O2/c1-10-9(13)11-8-5-3-2-4-7(8)6-12/h2-6H,1H3,(H2,10,11,13). The number of para-hydroxylation sites is 1. The number of rotatable bonds is 2. The second-order valence-electron chi connectivity index (χ2n) is 2.41. The van der Waals surface area contributed by atoms with E-state index in [1.165, 1.54) is 7.05 Å². The molecule has 0 aliphatic heterocycles. The number of aldehydes is 1. The van der Waals surface area contributed by atoms with Gasteiger partial charge in [0.1, 0.15) is 0 Å². The van der Waals surface area contributed by atoms with Crippen LogP contribution in [0.3, 0.4) is 0 Å². The van der Waals surface area contributed by atoms with E-state index >= 15 is 0 Å². The molecule has 1 aromatic carbocycles. The maximum absolute atomic E-state index is 10.9. The van der Waals surface area contributed by atoms with Gasteiger partial charge >= 0.3 is 6.03 Å². The first kappa shape index (κ1) is 9.25. The van der Waals surface area contributed by atoms with Crippen LogP contribution in [-0.4, -0.2) is 19.4 Å². The molecule has 0 aliphatic rings. The largest absolute Gasteiger partial charge is 0.341 e. The molecular weight excluding hydrogens is 168 g/mol. The summed E-state index contributed by atoms with van der Waals surface area (Å²) in [5, 5.41) is 4.93. The molecule has 0 saturated heterocycles. The van der Waals surface area contributed by atoms with E-state index in [4.69, 9.17) is 0 Å². The summed E-state index contributed by atoms with van der Waals surface area (Å²) in [6.07, 6.45) is 0.700. The first-order valence-corrected chi connectivity index (χ1v) is 3.81. The normalized spacial score (nSPS) is 9.00. The van der Waals surface area contributed by atoms with Crippen molar-refractivity contribution in [1.82, 2.24) is 5.32 Å². The van der Waals surface area contributed by atoms with Crippen LogP contribution in [0.5, 0.6) is 0 Å². The highest BCUT2D eigenvalue weighted by atomic mass is 16.2. The molecule has 0 bridgehead atoms. The number of hydrogen-bond acceptors (Lipinski definition) is 2. The fourth-order valence-corrected chi connectivity index (χ4v) is 0.898. The van der Waals surface area contributed by atoms with Crippen molar-refractivity contribution >= 4 is 18.0 Å². The van der Waals surface area contributed by atoms with Crippen LogP contribution in [0.2, 0.25) is 0 Å². The number of anilines is 1. The maximum atomic E-state index is 10.9. The molecule has 0 spiro atoms. The number of urea groups is 1. The molecule has 4 nitrogen and oxygen atoms in total. The van der Waals surface area contributed by atoms with Crippen LogP contribution in [-0.2, 0) is 0 Å². The third-order valence-corrected chi connectivity index (χ3v) is 1.56. The summed E-state index contributed by atoms with van der Waals surface area (Å²) in [6.45, 7) is 0. The first-order chi connectivity index (χ1) is 6.27. The maximum Gasteiger partial charge on any atom is 0.318 e. The predicted molar refractivity (Wildman–Crippen MR) is 49.9 cm³/mol. The molecule has 0 saturated carbocycles. The van der Waals surface area contributed by atoms with Crippen molar-refractivity contribution in [2.24, 2.45) is 0 Å². The Kier molecular flexibility index (Phi) is 3.03. The predicted octanol–water partition coefficient (Wildman–Crippen LogP) is 1.25. The molecule has 4 heteroatoms. The summed E-state index contributed by atoms with van der Waals surface area (Å²) in [7, 11) is 1.51. The van der Waals surface area contributed by atoms with E-state index in [0.717, 1.165) is 0 Å². The highest BCUT2D eigenvalue weighted by Crippen LogP contribution is 2.11. The lowest BCUT2D eigenvalue weighted by Crippen LogP contribution is -2.24. The minimum Gasteiger partial charge on any atom is -0.341 e. The molecule has 13 heavy (non-hydrogen) atoms. The van der Waals surface area contributed by atoms with Crippen LogP contribution in [0.15, 0.2) is 24.3 Å². The van der Waals surface area contributed by atoms with E-state index < -0.39 is 0 Å². The van der Waals surface area contributed by atoms with Crippen LogP contribution in [0.1, 0.15) is 10.4 Å². The van der Waals surface area contributed by atoms with Gasteiger partial charge < -0.3 is 10.6 Å². The van der Waals surface area contributed by atoms with Crippen LogP contribution in [0.25, 0.3) is 0 Å². The van der Waals surface area contributed by atoms with Gasteiger partial charge in [-0.05, 0) is 12.1 Å². The Morgan fingerprint density at radius 3 is 2.69 bits per heavy atom. The Morgan fingerprint density at radius 1 is 1.38 bits per heavy atom. The zero-order valence-electron chi connectivity index (χ0n) is 7.20. The lowest BCUT2D eigenvalue weighted by atomic mass is 10.2. The van der Waals surface area contributed by atoms with Crippen molar-refractivity contribution in [1.29, 1.82) is 0 Å². The van der Waals surface area contributed by atoms with Crippen molar-refractivity contribution in [3.8, 4) is 0 Å². The molecule has 0 atom stereocenters. The van der Waals surface area contributed by atoms with Gasteiger partial charge in [-0.15, -0.1) is 0 Å². The first-order valence-electron chi connectivity index (χ1n) is 3.81. The van der Waals surface area contributed by atoms with Crippen LogP contribution in [0.4, 0.5) is 10.5 Å². The van der Waals surface area contributed by atoms with Gasteiger partial charge in [0, 0.05) is 12.6 Å². The van der Waals surface area contributed by atoms with Gasteiger partial charge in [-0.3, -0.25) is 4.79 Å². The molecule has 0 heterocycles. The Morgan fingerprint density at radius 2 is 2.08 bits per heavy atom. The zero-order valence-corrected chi connectivity index (χ0v) is 7.20. The zero-order chi connectivity index (χ0) is 9.68. The minimum absolute atomic E-state index is 0.339.